The molecule has 126 valence electrons. The highest BCUT2D eigenvalue weighted by Crippen LogP contribution is 2.15. The number of hydrogen-bond acceptors (Lipinski definition) is 5. The van der Waals surface area contributed by atoms with Crippen LogP contribution in [0.15, 0.2) is 53.4 Å². The summed E-state index contributed by atoms with van der Waals surface area (Å²) in [7, 11) is -3.79. The number of sulfonamides is 1. The summed E-state index contributed by atoms with van der Waals surface area (Å²) in [5, 5.41) is 19.3. The summed E-state index contributed by atoms with van der Waals surface area (Å²) in [6, 6.07) is 11.6. The lowest BCUT2D eigenvalue weighted by molar-refractivity contribution is -0.114. The van der Waals surface area contributed by atoms with Crippen LogP contribution in [0.5, 0.6) is 0 Å². The first-order chi connectivity index (χ1) is 11.3. The number of amides is 1. The van der Waals surface area contributed by atoms with Crippen molar-refractivity contribution < 1.29 is 23.1 Å². The lowest BCUT2D eigenvalue weighted by atomic mass is 10.2. The summed E-state index contributed by atoms with van der Waals surface area (Å²) in [4.78, 5) is 22.9. The summed E-state index contributed by atoms with van der Waals surface area (Å²) >= 11 is 0. The molecule has 2 aromatic carbocycles. The maximum absolute atomic E-state index is 11.9. The number of hydrogen-bond donors (Lipinski definition) is 4. The fourth-order valence-electron chi connectivity index (χ4n) is 1.93. The first-order valence-electron chi connectivity index (χ1n) is 6.76. The minimum atomic E-state index is -3.79. The van der Waals surface area contributed by atoms with Crippen molar-refractivity contribution in [3.05, 3.63) is 54.1 Å². The van der Waals surface area contributed by atoms with Crippen LogP contribution in [-0.2, 0) is 14.8 Å². The Morgan fingerprint density at radius 3 is 2.25 bits per heavy atom. The number of rotatable bonds is 6. The van der Waals surface area contributed by atoms with Crippen LogP contribution < -0.4 is 15.8 Å². The zero-order chi connectivity index (χ0) is 17.7. The van der Waals surface area contributed by atoms with Crippen LogP contribution in [0, 0.1) is 0 Å². The second-order valence-electron chi connectivity index (χ2n) is 4.82. The molecule has 0 spiro atoms. The van der Waals surface area contributed by atoms with E-state index in [1.54, 1.807) is 18.2 Å². The molecule has 2 rings (SSSR count). The molecule has 0 fully saturated rings. The molecule has 1 amide bonds. The maximum atomic E-state index is 11.9. The molecule has 24 heavy (non-hydrogen) atoms. The van der Waals surface area contributed by atoms with Crippen LogP contribution in [0.4, 0.5) is 11.4 Å². The van der Waals surface area contributed by atoms with Gasteiger partial charge >= 0.3 is 5.97 Å². The van der Waals surface area contributed by atoms with E-state index in [0.29, 0.717) is 11.4 Å². The van der Waals surface area contributed by atoms with E-state index in [0.717, 1.165) is 0 Å². The van der Waals surface area contributed by atoms with Crippen molar-refractivity contribution in [2.24, 2.45) is 5.14 Å². The van der Waals surface area contributed by atoms with Gasteiger partial charge in [0, 0.05) is 11.4 Å². The van der Waals surface area contributed by atoms with Gasteiger partial charge in [-0.1, -0.05) is 12.1 Å². The molecule has 0 aliphatic heterocycles. The van der Waals surface area contributed by atoms with Gasteiger partial charge in [0.05, 0.1) is 17.0 Å². The van der Waals surface area contributed by atoms with Crippen LogP contribution in [0.1, 0.15) is 10.4 Å². The predicted octanol–water partition coefficient (Wildman–Crippen LogP) is 1.08. The molecule has 0 heterocycles. The molecule has 9 heteroatoms. The van der Waals surface area contributed by atoms with E-state index in [1.807, 2.05) is 0 Å². The Morgan fingerprint density at radius 2 is 1.67 bits per heavy atom. The number of anilines is 2. The van der Waals surface area contributed by atoms with Crippen LogP contribution in [0.3, 0.4) is 0 Å². The minimum absolute atomic E-state index is 0.0582. The van der Waals surface area contributed by atoms with E-state index in [2.05, 4.69) is 10.6 Å². The SMILES string of the molecule is NS(=O)(=O)c1ccc(NC(=O)CNc2ccccc2C(=O)O)cc1. The van der Waals surface area contributed by atoms with Crippen LogP contribution in [0.2, 0.25) is 0 Å². The predicted molar refractivity (Wildman–Crippen MR) is 88.3 cm³/mol. The molecule has 0 aromatic heterocycles. The zero-order valence-electron chi connectivity index (χ0n) is 12.4. The van der Waals surface area contributed by atoms with E-state index in [-0.39, 0.29) is 17.0 Å². The van der Waals surface area contributed by atoms with E-state index >= 15 is 0 Å². The topological polar surface area (TPSA) is 139 Å². The molecule has 0 bridgehead atoms. The summed E-state index contributed by atoms with van der Waals surface area (Å²) in [6.07, 6.45) is 0. The first-order valence-corrected chi connectivity index (χ1v) is 8.31. The zero-order valence-corrected chi connectivity index (χ0v) is 13.2. The first kappa shape index (κ1) is 17.4. The van der Waals surface area contributed by atoms with Crippen molar-refractivity contribution >= 4 is 33.3 Å². The standard InChI is InChI=1S/C15H15N3O5S/c16-24(22,23)11-7-5-10(6-8-11)18-14(19)9-17-13-4-2-1-3-12(13)15(20)21/h1-8,17H,9H2,(H,18,19)(H,20,21)(H2,16,22,23). The number of primary sulfonamides is 1. The highest BCUT2D eigenvalue weighted by atomic mass is 32.2. The van der Waals surface area contributed by atoms with Crippen molar-refractivity contribution in [3.63, 3.8) is 0 Å². The van der Waals surface area contributed by atoms with Gasteiger partial charge in [-0.15, -0.1) is 0 Å². The van der Waals surface area contributed by atoms with Gasteiger partial charge in [0.15, 0.2) is 0 Å². The van der Waals surface area contributed by atoms with Crippen molar-refractivity contribution in [1.82, 2.24) is 0 Å². The van der Waals surface area contributed by atoms with Gasteiger partial charge in [0.2, 0.25) is 15.9 Å². The normalized spacial score (nSPS) is 10.9. The number of para-hydroxylation sites is 1. The Balaban J connectivity index is 1.98. The molecular formula is C15H15N3O5S. The van der Waals surface area contributed by atoms with Crippen molar-refractivity contribution in [2.75, 3.05) is 17.2 Å². The monoisotopic (exact) mass is 349 g/mol. The minimum Gasteiger partial charge on any atom is -0.478 e. The Morgan fingerprint density at radius 1 is 1.04 bits per heavy atom. The molecule has 0 aliphatic carbocycles. The average Bonchev–Trinajstić information content (AvgIpc) is 2.53. The molecule has 0 radical (unpaired) electrons. The number of benzene rings is 2. The highest BCUT2D eigenvalue weighted by Gasteiger charge is 2.11. The van der Waals surface area contributed by atoms with Gasteiger partial charge in [0.1, 0.15) is 0 Å². The van der Waals surface area contributed by atoms with Crippen LogP contribution in [-0.4, -0.2) is 31.9 Å². The molecule has 0 unspecified atom stereocenters. The Kier molecular flexibility index (Phi) is 5.17. The van der Waals surface area contributed by atoms with Gasteiger partial charge in [0.25, 0.3) is 0 Å². The van der Waals surface area contributed by atoms with Gasteiger partial charge in [-0.25, -0.2) is 18.4 Å². The largest absolute Gasteiger partial charge is 0.478 e. The van der Waals surface area contributed by atoms with Crippen LogP contribution >= 0.6 is 0 Å². The molecule has 0 saturated carbocycles. The Labute approximate surface area is 138 Å². The number of nitrogens with one attached hydrogen (secondary N) is 2. The molecule has 0 saturated heterocycles. The third-order valence-corrected chi connectivity index (χ3v) is 3.99. The molecule has 0 atom stereocenters. The fourth-order valence-corrected chi connectivity index (χ4v) is 2.45. The van der Waals surface area contributed by atoms with Crippen molar-refractivity contribution in [3.8, 4) is 0 Å². The lowest BCUT2D eigenvalue weighted by Crippen LogP contribution is -2.22. The van der Waals surface area contributed by atoms with E-state index < -0.39 is 21.9 Å². The molecule has 0 aliphatic rings. The third-order valence-electron chi connectivity index (χ3n) is 3.06. The number of carboxylic acids is 1. The fraction of sp³-hybridized carbons (Fsp3) is 0.0667. The smallest absolute Gasteiger partial charge is 0.337 e. The second kappa shape index (κ2) is 7.11. The molecule has 5 N–H and O–H groups in total. The number of carbonyl (C=O) groups excluding carboxylic acids is 1. The van der Waals surface area contributed by atoms with E-state index in [4.69, 9.17) is 10.2 Å². The van der Waals surface area contributed by atoms with Gasteiger partial charge in [-0.3, -0.25) is 4.79 Å². The van der Waals surface area contributed by atoms with Crippen molar-refractivity contribution in [1.29, 1.82) is 0 Å². The molecular weight excluding hydrogens is 334 g/mol. The third kappa shape index (κ3) is 4.54. The van der Waals surface area contributed by atoms with Gasteiger partial charge in [-0.2, -0.15) is 0 Å². The summed E-state index contributed by atoms with van der Waals surface area (Å²) in [6.45, 7) is -0.152. The Hall–Kier alpha value is -2.91. The van der Waals surface area contributed by atoms with Crippen LogP contribution in [0.25, 0.3) is 0 Å². The van der Waals surface area contributed by atoms with E-state index in [9.17, 15) is 18.0 Å². The summed E-state index contributed by atoms with van der Waals surface area (Å²) in [5.41, 5.74) is 0.772. The maximum Gasteiger partial charge on any atom is 0.337 e. The lowest BCUT2D eigenvalue weighted by Gasteiger charge is -2.10. The number of nitrogens with two attached hydrogens (primary N) is 1. The Bertz CT molecular complexity index is 863. The quantitative estimate of drug-likeness (QED) is 0.615. The second-order valence-corrected chi connectivity index (χ2v) is 6.38. The van der Waals surface area contributed by atoms with Gasteiger partial charge in [-0.05, 0) is 36.4 Å². The average molecular weight is 349 g/mol. The highest BCUT2D eigenvalue weighted by molar-refractivity contribution is 7.89. The molecule has 8 nitrogen and oxygen atoms in total. The van der Waals surface area contributed by atoms with Crippen molar-refractivity contribution in [2.45, 2.75) is 4.90 Å². The number of carboxylic acid groups (broad SMARTS) is 1. The molecule has 2 aromatic rings. The number of aromatic carboxylic acids is 1. The summed E-state index contributed by atoms with van der Waals surface area (Å²) in [5.74, 6) is -1.52. The summed E-state index contributed by atoms with van der Waals surface area (Å²) < 4.78 is 22.3. The van der Waals surface area contributed by atoms with Gasteiger partial charge < -0.3 is 15.7 Å². The van der Waals surface area contributed by atoms with E-state index in [1.165, 1.54) is 30.3 Å². The number of carbonyl (C=O) groups is 2.